The van der Waals surface area contributed by atoms with E-state index in [1.54, 1.807) is 48.5 Å². The molecule has 1 heterocycles. The van der Waals surface area contributed by atoms with E-state index in [1.165, 1.54) is 29.8 Å². The van der Waals surface area contributed by atoms with E-state index in [4.69, 9.17) is 0 Å². The molecule has 0 bridgehead atoms. The topological polar surface area (TPSA) is 121 Å². The van der Waals surface area contributed by atoms with Crippen LogP contribution < -0.4 is 5.32 Å². The molecule has 1 unspecified atom stereocenters. The highest BCUT2D eigenvalue weighted by Gasteiger charge is 2.41. The van der Waals surface area contributed by atoms with E-state index in [9.17, 15) is 20.0 Å². The minimum atomic E-state index is -2.19. The van der Waals surface area contributed by atoms with Crippen LogP contribution in [0.1, 0.15) is 22.3 Å². The number of aromatic nitrogens is 2. The number of aliphatic hydroxyl groups is 1. The predicted molar refractivity (Wildman–Crippen MR) is 143 cm³/mol. The largest absolute Gasteiger partial charge is 0.372 e. The van der Waals surface area contributed by atoms with Crippen molar-refractivity contribution in [2.45, 2.75) is 12.0 Å². The molecule has 1 aromatic heterocycles. The van der Waals surface area contributed by atoms with Crippen molar-refractivity contribution in [2.24, 2.45) is 0 Å². The minimum absolute atomic E-state index is 0.0870. The van der Waals surface area contributed by atoms with E-state index < -0.39 is 16.4 Å². The maximum atomic E-state index is 13.6. The van der Waals surface area contributed by atoms with Crippen molar-refractivity contribution in [3.8, 4) is 22.5 Å². The van der Waals surface area contributed by atoms with E-state index in [0.29, 0.717) is 5.69 Å². The van der Waals surface area contributed by atoms with Crippen molar-refractivity contribution in [2.75, 3.05) is 5.32 Å². The Morgan fingerprint density at radius 1 is 0.921 bits per heavy atom. The molecule has 3 N–H and O–H groups in total. The lowest BCUT2D eigenvalue weighted by molar-refractivity contribution is -0.385. The fraction of sp³-hybridized carbons (Fsp3) is 0.0667. The van der Waals surface area contributed by atoms with Crippen molar-refractivity contribution >= 4 is 17.3 Å². The van der Waals surface area contributed by atoms with Crippen LogP contribution in [0.4, 0.5) is 11.4 Å². The average molecular weight is 503 g/mol. The highest BCUT2D eigenvalue weighted by Crippen LogP contribution is 2.40. The Balaban J connectivity index is 1.40. The number of para-hydroxylation sites is 1. The van der Waals surface area contributed by atoms with E-state index in [0.717, 1.165) is 34.5 Å². The summed E-state index contributed by atoms with van der Waals surface area (Å²) < 4.78 is 0. The zero-order chi connectivity index (χ0) is 26.3. The number of nitro groups is 1. The molecule has 1 atom stereocenters. The van der Waals surface area contributed by atoms with Crippen LogP contribution in [-0.4, -0.2) is 26.1 Å². The molecule has 0 radical (unpaired) electrons. The SMILES string of the molecule is O=C(Nc1ccccc1)C(O)(c1ccc(-c2n[nH]c3c2Cc2ccccc2-3)cc1)c1cccc([N+](=O)[O-])c1. The molecule has 0 fully saturated rings. The van der Waals surface area contributed by atoms with Gasteiger partial charge in [-0.05, 0) is 23.3 Å². The van der Waals surface area contributed by atoms with Crippen molar-refractivity contribution in [1.82, 2.24) is 10.2 Å². The molecule has 0 aliphatic heterocycles. The molecule has 0 saturated carbocycles. The number of carbonyl (C=O) groups excluding carboxylic acids is 1. The lowest BCUT2D eigenvalue weighted by atomic mass is 9.84. The first-order chi connectivity index (χ1) is 18.4. The Morgan fingerprint density at radius 2 is 1.66 bits per heavy atom. The van der Waals surface area contributed by atoms with Crippen LogP contribution in [0, 0.1) is 10.1 Å². The number of amides is 1. The molecule has 1 aliphatic rings. The van der Waals surface area contributed by atoms with E-state index >= 15 is 0 Å². The number of hydrogen-bond donors (Lipinski definition) is 3. The third kappa shape index (κ3) is 3.84. The first-order valence-electron chi connectivity index (χ1n) is 12.1. The normalized spacial score (nSPS) is 13.3. The van der Waals surface area contributed by atoms with Gasteiger partial charge >= 0.3 is 0 Å². The smallest absolute Gasteiger partial charge is 0.269 e. The van der Waals surface area contributed by atoms with Crippen molar-refractivity contribution < 1.29 is 14.8 Å². The van der Waals surface area contributed by atoms with Crippen LogP contribution >= 0.6 is 0 Å². The van der Waals surface area contributed by atoms with E-state index in [2.05, 4.69) is 27.6 Å². The Morgan fingerprint density at radius 3 is 2.42 bits per heavy atom. The van der Waals surface area contributed by atoms with Gasteiger partial charge in [-0.3, -0.25) is 20.0 Å². The summed E-state index contributed by atoms with van der Waals surface area (Å²) in [4.78, 5) is 24.4. The summed E-state index contributed by atoms with van der Waals surface area (Å²) in [5.74, 6) is -0.729. The number of nitrogens with one attached hydrogen (secondary N) is 2. The molecule has 8 nitrogen and oxygen atoms in total. The molecule has 1 aliphatic carbocycles. The third-order valence-electron chi connectivity index (χ3n) is 6.93. The molecule has 5 aromatic rings. The van der Waals surface area contributed by atoms with E-state index in [1.807, 2.05) is 18.2 Å². The van der Waals surface area contributed by atoms with Crippen molar-refractivity contribution in [3.63, 3.8) is 0 Å². The van der Waals surface area contributed by atoms with Gasteiger partial charge in [-0.1, -0.05) is 78.9 Å². The van der Waals surface area contributed by atoms with E-state index in [-0.39, 0.29) is 16.8 Å². The minimum Gasteiger partial charge on any atom is -0.372 e. The van der Waals surface area contributed by atoms with Gasteiger partial charge < -0.3 is 10.4 Å². The molecule has 38 heavy (non-hydrogen) atoms. The lowest BCUT2D eigenvalue weighted by Crippen LogP contribution is -2.41. The van der Waals surface area contributed by atoms with Gasteiger partial charge in [-0.25, -0.2) is 0 Å². The Kier molecular flexibility index (Phi) is 5.58. The first kappa shape index (κ1) is 23.3. The highest BCUT2D eigenvalue weighted by atomic mass is 16.6. The maximum Gasteiger partial charge on any atom is 0.269 e. The zero-order valence-electron chi connectivity index (χ0n) is 20.1. The number of hydrogen-bond acceptors (Lipinski definition) is 5. The number of fused-ring (bicyclic) bond motifs is 3. The second kappa shape index (κ2) is 9.10. The van der Waals surface area contributed by atoms with Gasteiger partial charge in [0.25, 0.3) is 11.6 Å². The van der Waals surface area contributed by atoms with Crippen LogP contribution in [0.25, 0.3) is 22.5 Å². The Hall–Kier alpha value is -5.08. The molecule has 6 rings (SSSR count). The predicted octanol–water partition coefficient (Wildman–Crippen LogP) is 5.43. The van der Waals surface area contributed by atoms with Crippen LogP contribution in [0.3, 0.4) is 0 Å². The van der Waals surface area contributed by atoms with Crippen LogP contribution in [0.5, 0.6) is 0 Å². The van der Waals surface area contributed by atoms with Crippen molar-refractivity contribution in [1.29, 1.82) is 0 Å². The summed E-state index contributed by atoms with van der Waals surface area (Å²) in [5, 5.41) is 33.8. The number of nitro benzene ring substituents is 1. The lowest BCUT2D eigenvalue weighted by Gasteiger charge is -2.28. The molecular weight excluding hydrogens is 480 g/mol. The van der Waals surface area contributed by atoms with Gasteiger partial charge in [-0.15, -0.1) is 0 Å². The fourth-order valence-corrected chi connectivity index (χ4v) is 4.99. The second-order valence-electron chi connectivity index (χ2n) is 9.18. The highest BCUT2D eigenvalue weighted by molar-refractivity contribution is 6.00. The van der Waals surface area contributed by atoms with Gasteiger partial charge in [0.15, 0.2) is 5.60 Å². The van der Waals surface area contributed by atoms with Crippen LogP contribution in [0.15, 0.2) is 103 Å². The number of rotatable bonds is 6. The fourth-order valence-electron chi connectivity index (χ4n) is 4.99. The summed E-state index contributed by atoms with van der Waals surface area (Å²) in [5.41, 5.74) is 4.51. The second-order valence-corrected chi connectivity index (χ2v) is 9.18. The summed E-state index contributed by atoms with van der Waals surface area (Å²) in [6.07, 6.45) is 0.760. The molecule has 0 saturated heterocycles. The summed E-state index contributed by atoms with van der Waals surface area (Å²) >= 11 is 0. The number of H-pyrrole nitrogens is 1. The number of aromatic amines is 1. The number of anilines is 1. The molecule has 186 valence electrons. The number of nitrogens with zero attached hydrogens (tertiary/aromatic N) is 2. The molecular formula is C30H22N4O4. The third-order valence-corrected chi connectivity index (χ3v) is 6.93. The van der Waals surface area contributed by atoms with Gasteiger partial charge in [0.05, 0.1) is 16.3 Å². The summed E-state index contributed by atoms with van der Waals surface area (Å²) in [6, 6.07) is 29.3. The molecule has 1 amide bonds. The zero-order valence-corrected chi connectivity index (χ0v) is 20.1. The molecule has 4 aromatic carbocycles. The van der Waals surface area contributed by atoms with Gasteiger partial charge in [-0.2, -0.15) is 5.10 Å². The van der Waals surface area contributed by atoms with Gasteiger partial charge in [0, 0.05) is 46.5 Å². The van der Waals surface area contributed by atoms with Crippen LogP contribution in [-0.2, 0) is 16.8 Å². The number of non-ortho nitro benzene ring substituents is 1. The molecule has 0 spiro atoms. The maximum absolute atomic E-state index is 13.6. The van der Waals surface area contributed by atoms with Crippen LogP contribution in [0.2, 0.25) is 0 Å². The standard InChI is InChI=1S/C30H22N4O4/c35-29(31-23-9-2-1-3-10-23)30(36,22-8-6-11-24(18-22)34(37)38)21-15-13-19(14-16-21)27-26-17-20-7-4-5-12-25(20)28(26)33-32-27/h1-16,18,36H,17H2,(H,31,35)(H,32,33). The van der Waals surface area contributed by atoms with Gasteiger partial charge in [0.1, 0.15) is 0 Å². The van der Waals surface area contributed by atoms with Gasteiger partial charge in [0.2, 0.25) is 0 Å². The number of carbonyl (C=O) groups is 1. The quantitative estimate of drug-likeness (QED) is 0.207. The Bertz CT molecular complexity index is 1680. The number of benzene rings is 4. The molecule has 8 heteroatoms. The van der Waals surface area contributed by atoms with Crippen molar-refractivity contribution in [3.05, 3.63) is 135 Å². The summed E-state index contributed by atoms with van der Waals surface area (Å²) in [7, 11) is 0. The Labute approximate surface area is 217 Å². The first-order valence-corrected chi connectivity index (χ1v) is 12.1. The monoisotopic (exact) mass is 502 g/mol. The average Bonchev–Trinajstić information content (AvgIpc) is 3.53. The summed E-state index contributed by atoms with van der Waals surface area (Å²) in [6.45, 7) is 0.